The van der Waals surface area contributed by atoms with E-state index in [-0.39, 0.29) is 12.4 Å². The van der Waals surface area contributed by atoms with E-state index in [4.69, 9.17) is 14.2 Å². The van der Waals surface area contributed by atoms with E-state index in [9.17, 15) is 35.7 Å². The van der Waals surface area contributed by atoms with Crippen LogP contribution in [0.1, 0.15) is 5.56 Å². The number of rotatable bonds is 7. The number of hydrogen-bond acceptors (Lipinski definition) is 10. The highest BCUT2D eigenvalue weighted by Crippen LogP contribution is 2.27. The molecule has 0 amide bonds. The maximum absolute atomic E-state index is 10.8. The van der Waals surface area contributed by atoms with Gasteiger partial charge in [0.25, 0.3) is 0 Å². The van der Waals surface area contributed by atoms with Gasteiger partial charge >= 0.3 is 0 Å². The highest BCUT2D eigenvalue weighted by atomic mass is 35.5. The SMILES string of the molecule is OCC1OC(O)C([NH2+]Cc2ccccc2)[C@@H](O)[C@@H]1O[C@@H]1OC(CO)[C@H](O)[C@H](O)C1O.[Cl-]. The third kappa shape index (κ3) is 5.90. The first-order valence-electron chi connectivity index (χ1n) is 9.83. The van der Waals surface area contributed by atoms with Crippen LogP contribution in [0.3, 0.4) is 0 Å². The van der Waals surface area contributed by atoms with Gasteiger partial charge in [-0.3, -0.25) is 0 Å². The van der Waals surface area contributed by atoms with Gasteiger partial charge in [-0.2, -0.15) is 0 Å². The maximum Gasteiger partial charge on any atom is 0.211 e. The van der Waals surface area contributed by atoms with E-state index in [1.54, 1.807) is 5.32 Å². The fourth-order valence-corrected chi connectivity index (χ4v) is 3.75. The van der Waals surface area contributed by atoms with E-state index >= 15 is 0 Å². The van der Waals surface area contributed by atoms with Gasteiger partial charge in [-0.1, -0.05) is 30.3 Å². The fraction of sp³-hybridized carbons (Fsp3) is 0.684. The lowest BCUT2D eigenvalue weighted by atomic mass is 9.95. The van der Waals surface area contributed by atoms with Crippen molar-refractivity contribution in [2.75, 3.05) is 13.2 Å². The Hall–Kier alpha value is -0.930. The zero-order valence-electron chi connectivity index (χ0n) is 16.6. The summed E-state index contributed by atoms with van der Waals surface area (Å²) in [5.74, 6) is 0. The van der Waals surface area contributed by atoms with Gasteiger partial charge in [-0.15, -0.1) is 0 Å². The molecule has 9 N–H and O–H groups in total. The summed E-state index contributed by atoms with van der Waals surface area (Å²) in [6.07, 6.45) is -12.7. The first-order chi connectivity index (χ1) is 14.4. The molecule has 0 aromatic heterocycles. The first-order valence-corrected chi connectivity index (χ1v) is 9.83. The lowest BCUT2D eigenvalue weighted by Gasteiger charge is -2.45. The standard InChI is InChI=1S/C19H29NO10.ClH/c21-7-10-13(23)15(25)16(26)19(29-10)30-17-11(8-22)28-18(27)12(14(17)24)20-6-9-4-2-1-3-5-9;/h1-5,10-27H,6-8H2;1H/t10?,11?,12?,13-,14+,15-,16?,17+,18?,19-;/m0./s1. The summed E-state index contributed by atoms with van der Waals surface area (Å²) in [5, 5.41) is 71.7. The molecule has 2 saturated heterocycles. The molecule has 10 atom stereocenters. The van der Waals surface area contributed by atoms with Crippen LogP contribution >= 0.6 is 0 Å². The van der Waals surface area contributed by atoms with Crippen LogP contribution in [-0.4, -0.2) is 110 Å². The van der Waals surface area contributed by atoms with Gasteiger partial charge in [0.2, 0.25) is 6.29 Å². The van der Waals surface area contributed by atoms with Crippen molar-refractivity contribution in [2.24, 2.45) is 0 Å². The van der Waals surface area contributed by atoms with Crippen molar-refractivity contribution >= 4 is 0 Å². The largest absolute Gasteiger partial charge is 1.00 e. The number of aliphatic hydroxyl groups excluding tert-OH is 7. The average Bonchev–Trinajstić information content (AvgIpc) is 2.76. The second-order valence-electron chi connectivity index (χ2n) is 7.54. The Labute approximate surface area is 185 Å². The summed E-state index contributed by atoms with van der Waals surface area (Å²) in [7, 11) is 0. The van der Waals surface area contributed by atoms with Crippen molar-refractivity contribution < 1.29 is 67.7 Å². The molecule has 5 unspecified atom stereocenters. The van der Waals surface area contributed by atoms with Crippen molar-refractivity contribution in [3.05, 3.63) is 35.9 Å². The van der Waals surface area contributed by atoms with Gasteiger partial charge in [-0.25, -0.2) is 0 Å². The molecule has 0 radical (unpaired) electrons. The number of quaternary nitrogens is 1. The van der Waals surface area contributed by atoms with Crippen LogP contribution in [0.15, 0.2) is 30.3 Å². The van der Waals surface area contributed by atoms with Crippen LogP contribution in [-0.2, 0) is 20.8 Å². The molecule has 3 rings (SSSR count). The van der Waals surface area contributed by atoms with Crippen molar-refractivity contribution in [1.82, 2.24) is 0 Å². The summed E-state index contributed by atoms with van der Waals surface area (Å²) in [4.78, 5) is 0. The maximum atomic E-state index is 10.8. The lowest BCUT2D eigenvalue weighted by Crippen LogP contribution is -3.00. The molecule has 2 aliphatic rings. The van der Waals surface area contributed by atoms with Crippen LogP contribution in [0.25, 0.3) is 0 Å². The Morgan fingerprint density at radius 1 is 0.806 bits per heavy atom. The fourth-order valence-electron chi connectivity index (χ4n) is 3.75. The molecule has 2 aliphatic heterocycles. The Kier molecular flexibility index (Phi) is 10.0. The molecule has 0 bridgehead atoms. The minimum atomic E-state index is -1.67. The highest BCUT2D eigenvalue weighted by Gasteiger charge is 2.51. The van der Waals surface area contributed by atoms with E-state index in [0.29, 0.717) is 6.54 Å². The van der Waals surface area contributed by atoms with E-state index in [2.05, 4.69) is 0 Å². The Morgan fingerprint density at radius 2 is 1.45 bits per heavy atom. The molecule has 1 aromatic carbocycles. The topological polar surface area (TPSA) is 186 Å². The van der Waals surface area contributed by atoms with Crippen LogP contribution in [0, 0.1) is 0 Å². The third-order valence-electron chi connectivity index (χ3n) is 5.53. The number of halogens is 1. The van der Waals surface area contributed by atoms with Gasteiger partial charge in [0, 0.05) is 5.56 Å². The highest BCUT2D eigenvalue weighted by molar-refractivity contribution is 5.13. The molecule has 0 saturated carbocycles. The summed E-state index contributed by atoms with van der Waals surface area (Å²) < 4.78 is 16.3. The smallest absolute Gasteiger partial charge is 0.211 e. The molecular weight excluding hydrogens is 438 g/mol. The zero-order valence-corrected chi connectivity index (χ0v) is 17.3. The van der Waals surface area contributed by atoms with Crippen LogP contribution < -0.4 is 17.7 Å². The number of benzene rings is 1. The van der Waals surface area contributed by atoms with E-state index in [1.165, 1.54) is 0 Å². The van der Waals surface area contributed by atoms with Gasteiger partial charge in [0.05, 0.1) is 13.2 Å². The number of hydrogen-bond donors (Lipinski definition) is 8. The van der Waals surface area contributed by atoms with Gasteiger partial charge in [0.1, 0.15) is 49.3 Å². The van der Waals surface area contributed by atoms with E-state index in [1.807, 2.05) is 30.3 Å². The zero-order chi connectivity index (χ0) is 21.8. The Bertz CT molecular complexity index is 656. The van der Waals surface area contributed by atoms with Crippen LogP contribution in [0.5, 0.6) is 0 Å². The molecule has 1 aromatic rings. The lowest BCUT2D eigenvalue weighted by molar-refractivity contribution is -0.731. The summed E-state index contributed by atoms with van der Waals surface area (Å²) in [6, 6.07) is 8.49. The molecule has 0 spiro atoms. The number of aliphatic hydroxyl groups is 7. The third-order valence-corrected chi connectivity index (χ3v) is 5.53. The molecule has 11 nitrogen and oxygen atoms in total. The summed E-state index contributed by atoms with van der Waals surface area (Å²) in [5.41, 5.74) is 0.951. The quantitative estimate of drug-likeness (QED) is 0.191. The van der Waals surface area contributed by atoms with Crippen molar-refractivity contribution in [3.63, 3.8) is 0 Å². The van der Waals surface area contributed by atoms with Gasteiger partial charge in [0.15, 0.2) is 12.3 Å². The number of nitrogens with two attached hydrogens (primary N) is 1. The molecule has 31 heavy (non-hydrogen) atoms. The Balaban J connectivity index is 0.00000341. The van der Waals surface area contributed by atoms with Crippen molar-refractivity contribution in [3.8, 4) is 0 Å². The predicted molar refractivity (Wildman–Crippen MR) is 98.5 cm³/mol. The second kappa shape index (κ2) is 11.8. The monoisotopic (exact) mass is 467 g/mol. The van der Waals surface area contributed by atoms with Crippen LogP contribution in [0.2, 0.25) is 0 Å². The summed E-state index contributed by atoms with van der Waals surface area (Å²) in [6.45, 7) is -0.800. The van der Waals surface area contributed by atoms with E-state index < -0.39 is 74.6 Å². The molecule has 2 heterocycles. The van der Waals surface area contributed by atoms with Crippen LogP contribution in [0.4, 0.5) is 0 Å². The van der Waals surface area contributed by atoms with Crippen molar-refractivity contribution in [2.45, 2.75) is 67.9 Å². The normalized spacial score (nSPS) is 40.9. The van der Waals surface area contributed by atoms with Gasteiger partial charge in [-0.05, 0) is 0 Å². The minimum absolute atomic E-state index is 0. The molecular formula is C19H30ClNO10. The molecule has 12 heteroatoms. The first kappa shape index (κ1) is 26.3. The van der Waals surface area contributed by atoms with Gasteiger partial charge < -0.3 is 67.7 Å². The second-order valence-corrected chi connectivity index (χ2v) is 7.54. The average molecular weight is 468 g/mol. The minimum Gasteiger partial charge on any atom is -1.00 e. The van der Waals surface area contributed by atoms with E-state index in [0.717, 1.165) is 5.56 Å². The molecule has 2 fully saturated rings. The van der Waals surface area contributed by atoms with Crippen molar-refractivity contribution in [1.29, 1.82) is 0 Å². The number of ether oxygens (including phenoxy) is 3. The summed E-state index contributed by atoms with van der Waals surface area (Å²) >= 11 is 0. The molecule has 0 aliphatic carbocycles. The Morgan fingerprint density at radius 3 is 2.06 bits per heavy atom. The molecule has 178 valence electrons. The predicted octanol–water partition coefficient (Wildman–Crippen LogP) is -7.62.